The van der Waals surface area contributed by atoms with Crippen LogP contribution in [0.15, 0.2) is 77.6 Å². The number of hydrogen-bond acceptors (Lipinski definition) is 4. The highest BCUT2D eigenvalue weighted by atomic mass is 16.6. The molecule has 1 aromatic heterocycles. The van der Waals surface area contributed by atoms with Crippen LogP contribution in [0.2, 0.25) is 0 Å². The standard InChI is InChI=1S/C23H30N2O4.C6H6/c1-15-12-19(13-21(26)24(15)5)18-8-6-17(7-9-18)16(2)25-11-10-20(29-22(25)27)14-23(3,4)28;1-2-4-6-5-3-1/h6-9,12-13,16,20,28H,10-11,14H2,1-5H3;1-6H. The number of carbonyl (C=O) groups is 1. The summed E-state index contributed by atoms with van der Waals surface area (Å²) in [5, 5.41) is 9.95. The first-order valence-electron chi connectivity index (χ1n) is 12.0. The van der Waals surface area contributed by atoms with Crippen LogP contribution in [0.25, 0.3) is 11.1 Å². The normalized spacial score (nSPS) is 16.7. The van der Waals surface area contributed by atoms with Gasteiger partial charge < -0.3 is 19.3 Å². The van der Waals surface area contributed by atoms with Crippen molar-refractivity contribution in [1.29, 1.82) is 0 Å². The first-order valence-corrected chi connectivity index (χ1v) is 12.0. The number of aryl methyl sites for hydroxylation is 1. The number of nitrogens with zero attached hydrogens (tertiary/aromatic N) is 2. The minimum atomic E-state index is -0.856. The molecule has 6 heteroatoms. The Bertz CT molecular complexity index is 1140. The fraction of sp³-hybridized carbons (Fsp3) is 0.379. The van der Waals surface area contributed by atoms with Gasteiger partial charge in [-0.05, 0) is 50.5 Å². The second kappa shape index (κ2) is 11.4. The van der Waals surface area contributed by atoms with E-state index in [-0.39, 0.29) is 23.8 Å². The number of amides is 1. The highest BCUT2D eigenvalue weighted by molar-refractivity contribution is 5.69. The number of benzene rings is 2. The second-order valence-electron chi connectivity index (χ2n) is 9.74. The van der Waals surface area contributed by atoms with Gasteiger partial charge in [0.2, 0.25) is 0 Å². The van der Waals surface area contributed by atoms with Gasteiger partial charge in [0.05, 0.1) is 11.6 Å². The molecule has 35 heavy (non-hydrogen) atoms. The number of ether oxygens (including phenoxy) is 1. The minimum Gasteiger partial charge on any atom is -0.446 e. The zero-order valence-electron chi connectivity index (χ0n) is 21.3. The van der Waals surface area contributed by atoms with E-state index in [0.29, 0.717) is 19.4 Å². The van der Waals surface area contributed by atoms with Crippen molar-refractivity contribution in [2.45, 2.75) is 58.3 Å². The van der Waals surface area contributed by atoms with Crippen molar-refractivity contribution in [1.82, 2.24) is 9.47 Å². The first kappa shape index (κ1) is 26.2. The van der Waals surface area contributed by atoms with E-state index in [2.05, 4.69) is 0 Å². The molecule has 0 spiro atoms. The maximum atomic E-state index is 12.5. The van der Waals surface area contributed by atoms with E-state index in [1.54, 1.807) is 36.4 Å². The Morgan fingerprint density at radius 1 is 1.00 bits per heavy atom. The van der Waals surface area contributed by atoms with Gasteiger partial charge in [0.25, 0.3) is 5.56 Å². The number of rotatable bonds is 5. The average molecular weight is 477 g/mol. The van der Waals surface area contributed by atoms with E-state index in [0.717, 1.165) is 22.4 Å². The lowest BCUT2D eigenvalue weighted by Crippen LogP contribution is -2.45. The molecular formula is C29H36N2O4. The number of cyclic esters (lactones) is 1. The molecule has 2 heterocycles. The molecule has 2 aromatic carbocycles. The molecular weight excluding hydrogens is 440 g/mol. The molecule has 0 aliphatic carbocycles. The smallest absolute Gasteiger partial charge is 0.410 e. The van der Waals surface area contributed by atoms with Crippen LogP contribution in [0, 0.1) is 6.92 Å². The van der Waals surface area contributed by atoms with E-state index in [4.69, 9.17) is 4.74 Å². The number of pyridine rings is 1. The van der Waals surface area contributed by atoms with Gasteiger partial charge in [-0.1, -0.05) is 60.7 Å². The average Bonchev–Trinajstić information content (AvgIpc) is 2.82. The van der Waals surface area contributed by atoms with Gasteiger partial charge in [0, 0.05) is 38.2 Å². The predicted octanol–water partition coefficient (Wildman–Crippen LogP) is 5.48. The molecule has 1 aliphatic rings. The lowest BCUT2D eigenvalue weighted by Gasteiger charge is -2.37. The lowest BCUT2D eigenvalue weighted by molar-refractivity contribution is -0.0309. The first-order chi connectivity index (χ1) is 16.5. The van der Waals surface area contributed by atoms with Crippen LogP contribution >= 0.6 is 0 Å². The molecule has 6 nitrogen and oxygen atoms in total. The Morgan fingerprint density at radius 3 is 2.06 bits per heavy atom. The van der Waals surface area contributed by atoms with Gasteiger partial charge in [-0.2, -0.15) is 0 Å². The molecule has 186 valence electrons. The number of hydrogen-bond donors (Lipinski definition) is 1. The van der Waals surface area contributed by atoms with E-state index >= 15 is 0 Å². The van der Waals surface area contributed by atoms with Crippen molar-refractivity contribution in [2.24, 2.45) is 7.05 Å². The van der Waals surface area contributed by atoms with Gasteiger partial charge in [0.15, 0.2) is 0 Å². The summed E-state index contributed by atoms with van der Waals surface area (Å²) in [7, 11) is 1.76. The van der Waals surface area contributed by atoms with E-state index < -0.39 is 5.60 Å². The molecule has 1 N–H and O–H groups in total. The van der Waals surface area contributed by atoms with Gasteiger partial charge in [0.1, 0.15) is 6.10 Å². The molecule has 1 saturated heterocycles. The van der Waals surface area contributed by atoms with Crippen LogP contribution in [-0.4, -0.2) is 38.9 Å². The van der Waals surface area contributed by atoms with Gasteiger partial charge in [-0.3, -0.25) is 4.79 Å². The maximum Gasteiger partial charge on any atom is 0.410 e. The lowest BCUT2D eigenvalue weighted by atomic mass is 9.97. The van der Waals surface area contributed by atoms with Crippen molar-refractivity contribution in [3.63, 3.8) is 0 Å². The van der Waals surface area contributed by atoms with Crippen LogP contribution in [-0.2, 0) is 11.8 Å². The molecule has 1 fully saturated rings. The Hall–Kier alpha value is -3.38. The number of carbonyl (C=O) groups excluding carboxylic acids is 1. The molecule has 4 rings (SSSR count). The van der Waals surface area contributed by atoms with Gasteiger partial charge >= 0.3 is 6.09 Å². The van der Waals surface area contributed by atoms with Crippen LogP contribution in [0.1, 0.15) is 50.9 Å². The summed E-state index contributed by atoms with van der Waals surface area (Å²) >= 11 is 0. The molecule has 0 radical (unpaired) electrons. The topological polar surface area (TPSA) is 71.8 Å². The second-order valence-corrected chi connectivity index (χ2v) is 9.74. The highest BCUT2D eigenvalue weighted by Gasteiger charge is 2.33. The number of aromatic nitrogens is 1. The van der Waals surface area contributed by atoms with E-state index in [1.165, 1.54) is 0 Å². The SMILES string of the molecule is Cc1cc(-c2ccc(C(C)N3CCC(CC(C)(C)O)OC3=O)cc2)cc(=O)n1C.c1ccccc1. The summed E-state index contributed by atoms with van der Waals surface area (Å²) in [5.74, 6) is 0. The largest absolute Gasteiger partial charge is 0.446 e. The molecule has 0 bridgehead atoms. The van der Waals surface area contributed by atoms with E-state index in [9.17, 15) is 14.7 Å². The summed E-state index contributed by atoms with van der Waals surface area (Å²) in [4.78, 5) is 26.3. The van der Waals surface area contributed by atoms with Crippen LogP contribution in [0.4, 0.5) is 4.79 Å². The summed E-state index contributed by atoms with van der Waals surface area (Å²) in [6.45, 7) is 7.93. The van der Waals surface area contributed by atoms with E-state index in [1.807, 2.05) is 80.6 Å². The van der Waals surface area contributed by atoms with Crippen LogP contribution < -0.4 is 5.56 Å². The molecule has 2 unspecified atom stereocenters. The Morgan fingerprint density at radius 2 is 1.57 bits per heavy atom. The maximum absolute atomic E-state index is 12.5. The summed E-state index contributed by atoms with van der Waals surface area (Å²) in [6.07, 6.45) is 0.539. The summed E-state index contributed by atoms with van der Waals surface area (Å²) < 4.78 is 7.16. The Kier molecular flexibility index (Phi) is 8.52. The third-order valence-electron chi connectivity index (χ3n) is 6.28. The van der Waals surface area contributed by atoms with Crippen molar-refractivity contribution < 1.29 is 14.6 Å². The van der Waals surface area contributed by atoms with Crippen molar-refractivity contribution in [2.75, 3.05) is 6.54 Å². The fourth-order valence-electron chi connectivity index (χ4n) is 4.15. The zero-order chi connectivity index (χ0) is 25.6. The Balaban J connectivity index is 0.000000497. The van der Waals surface area contributed by atoms with Gasteiger partial charge in [-0.15, -0.1) is 0 Å². The quantitative estimate of drug-likeness (QED) is 0.529. The van der Waals surface area contributed by atoms with Crippen molar-refractivity contribution >= 4 is 6.09 Å². The zero-order valence-corrected chi connectivity index (χ0v) is 21.3. The van der Waals surface area contributed by atoms with Crippen LogP contribution in [0.3, 0.4) is 0 Å². The van der Waals surface area contributed by atoms with Crippen molar-refractivity contribution in [3.8, 4) is 11.1 Å². The third-order valence-corrected chi connectivity index (χ3v) is 6.28. The Labute approximate surface area is 207 Å². The molecule has 1 amide bonds. The summed E-state index contributed by atoms with van der Waals surface area (Å²) in [6, 6.07) is 23.4. The predicted molar refractivity (Wildman–Crippen MR) is 139 cm³/mol. The minimum absolute atomic E-state index is 0.0332. The van der Waals surface area contributed by atoms with Crippen molar-refractivity contribution in [3.05, 3.63) is 94.4 Å². The third kappa shape index (κ3) is 7.30. The fourth-order valence-corrected chi connectivity index (χ4v) is 4.15. The molecule has 1 aliphatic heterocycles. The number of aliphatic hydroxyl groups is 1. The molecule has 0 saturated carbocycles. The summed E-state index contributed by atoms with van der Waals surface area (Å²) in [5.41, 5.74) is 2.87. The highest BCUT2D eigenvalue weighted by Crippen LogP contribution is 2.29. The van der Waals surface area contributed by atoms with Crippen LogP contribution in [0.5, 0.6) is 0 Å². The monoisotopic (exact) mass is 476 g/mol. The van der Waals surface area contributed by atoms with Gasteiger partial charge in [-0.25, -0.2) is 4.79 Å². The molecule has 3 aromatic rings. The molecule has 2 atom stereocenters.